The van der Waals surface area contributed by atoms with E-state index in [0.29, 0.717) is 6.04 Å². The van der Waals surface area contributed by atoms with Crippen LogP contribution in [0.1, 0.15) is 37.5 Å². The van der Waals surface area contributed by atoms with E-state index in [1.54, 1.807) is 0 Å². The molecule has 0 amide bonds. The lowest BCUT2D eigenvalue weighted by atomic mass is 10.0. The Bertz CT molecular complexity index is 388. The number of hydrogen-bond acceptors (Lipinski definition) is 2. The number of nitrogens with zero attached hydrogens (tertiary/aromatic N) is 2. The van der Waals surface area contributed by atoms with Crippen LogP contribution in [-0.2, 0) is 6.54 Å². The number of rotatable bonds is 4. The Balaban J connectivity index is 2.86. The number of aryl methyl sites for hydroxylation is 1. The Morgan fingerprint density at radius 3 is 2.50 bits per heavy atom. The molecule has 86 valence electrons. The smallest absolute Gasteiger partial charge is 0.0991 e. The first kappa shape index (κ1) is 12.7. The Hall–Kier alpha value is -1.33. The topological polar surface area (TPSA) is 27.0 Å². The lowest BCUT2D eigenvalue weighted by Crippen LogP contribution is -2.30. The molecule has 1 aromatic carbocycles. The standard InChI is InChI=1S/C14H20N2/c1-5-16(11(2)3)10-14-7-6-13(9-15)8-12(14)4/h6-8,11H,5,10H2,1-4H3. The highest BCUT2D eigenvalue weighted by Crippen LogP contribution is 2.14. The lowest BCUT2D eigenvalue weighted by Gasteiger charge is -2.25. The van der Waals surface area contributed by atoms with Crippen LogP contribution in [0.25, 0.3) is 0 Å². The molecule has 0 bridgehead atoms. The van der Waals surface area contributed by atoms with Gasteiger partial charge in [-0.1, -0.05) is 13.0 Å². The highest BCUT2D eigenvalue weighted by molar-refractivity contribution is 5.37. The van der Waals surface area contributed by atoms with Crippen LogP contribution in [0.4, 0.5) is 0 Å². The first-order chi connectivity index (χ1) is 7.58. The maximum atomic E-state index is 8.81. The predicted molar refractivity (Wildman–Crippen MR) is 67.1 cm³/mol. The maximum absolute atomic E-state index is 8.81. The van der Waals surface area contributed by atoms with Crippen molar-refractivity contribution >= 4 is 0 Å². The van der Waals surface area contributed by atoms with Crippen molar-refractivity contribution in [2.24, 2.45) is 0 Å². The third-order valence-corrected chi connectivity index (χ3v) is 2.98. The number of hydrogen-bond donors (Lipinski definition) is 0. The molecule has 1 rings (SSSR count). The largest absolute Gasteiger partial charge is 0.297 e. The van der Waals surface area contributed by atoms with Gasteiger partial charge in [0.1, 0.15) is 0 Å². The quantitative estimate of drug-likeness (QED) is 0.773. The van der Waals surface area contributed by atoms with Crippen molar-refractivity contribution in [3.8, 4) is 6.07 Å². The molecule has 0 radical (unpaired) electrons. The Kier molecular flexibility index (Phi) is 4.52. The summed E-state index contributed by atoms with van der Waals surface area (Å²) >= 11 is 0. The summed E-state index contributed by atoms with van der Waals surface area (Å²) in [5.74, 6) is 0. The second-order valence-electron chi connectivity index (χ2n) is 4.41. The van der Waals surface area contributed by atoms with Crippen LogP contribution in [0.2, 0.25) is 0 Å². The van der Waals surface area contributed by atoms with Crippen LogP contribution in [-0.4, -0.2) is 17.5 Å². The molecule has 0 unspecified atom stereocenters. The van der Waals surface area contributed by atoms with E-state index in [2.05, 4.69) is 44.7 Å². The molecule has 16 heavy (non-hydrogen) atoms. The lowest BCUT2D eigenvalue weighted by molar-refractivity contribution is 0.224. The molecule has 0 aliphatic carbocycles. The molecule has 0 aliphatic heterocycles. The average molecular weight is 216 g/mol. The van der Waals surface area contributed by atoms with Crippen LogP contribution in [0.15, 0.2) is 18.2 Å². The molecule has 2 nitrogen and oxygen atoms in total. The van der Waals surface area contributed by atoms with E-state index < -0.39 is 0 Å². The SMILES string of the molecule is CCN(Cc1ccc(C#N)cc1C)C(C)C. The van der Waals surface area contributed by atoms with Gasteiger partial charge in [-0.25, -0.2) is 0 Å². The first-order valence-electron chi connectivity index (χ1n) is 5.82. The van der Waals surface area contributed by atoms with Gasteiger partial charge in [0, 0.05) is 12.6 Å². The average Bonchev–Trinajstić information content (AvgIpc) is 2.26. The van der Waals surface area contributed by atoms with Gasteiger partial charge in [-0.2, -0.15) is 5.26 Å². The van der Waals surface area contributed by atoms with Crippen molar-refractivity contribution < 1.29 is 0 Å². The van der Waals surface area contributed by atoms with Crippen molar-refractivity contribution in [2.45, 2.75) is 40.3 Å². The fourth-order valence-electron chi connectivity index (χ4n) is 1.82. The Morgan fingerprint density at radius 1 is 1.38 bits per heavy atom. The van der Waals surface area contributed by atoms with Gasteiger partial charge in [-0.05, 0) is 50.6 Å². The fraction of sp³-hybridized carbons (Fsp3) is 0.500. The monoisotopic (exact) mass is 216 g/mol. The van der Waals surface area contributed by atoms with Crippen LogP contribution in [0.3, 0.4) is 0 Å². The van der Waals surface area contributed by atoms with Gasteiger partial charge in [0.05, 0.1) is 11.6 Å². The van der Waals surface area contributed by atoms with Crippen molar-refractivity contribution in [3.63, 3.8) is 0 Å². The molecular formula is C14H20N2. The molecule has 0 fully saturated rings. The highest BCUT2D eigenvalue weighted by Gasteiger charge is 2.09. The predicted octanol–water partition coefficient (Wildman–Crippen LogP) is 3.10. The first-order valence-corrected chi connectivity index (χ1v) is 5.82. The van der Waals surface area contributed by atoms with E-state index in [1.807, 2.05) is 12.1 Å². The summed E-state index contributed by atoms with van der Waals surface area (Å²) in [4.78, 5) is 2.41. The second kappa shape index (κ2) is 5.67. The van der Waals surface area contributed by atoms with E-state index in [9.17, 15) is 0 Å². The van der Waals surface area contributed by atoms with E-state index in [4.69, 9.17) is 5.26 Å². The number of benzene rings is 1. The second-order valence-corrected chi connectivity index (χ2v) is 4.41. The zero-order valence-electron chi connectivity index (χ0n) is 10.6. The van der Waals surface area contributed by atoms with Crippen molar-refractivity contribution in [1.82, 2.24) is 4.90 Å². The van der Waals surface area contributed by atoms with Gasteiger partial charge in [0.25, 0.3) is 0 Å². The summed E-state index contributed by atoms with van der Waals surface area (Å²) in [6.07, 6.45) is 0. The Labute approximate surface area is 98.5 Å². The molecule has 0 saturated carbocycles. The summed E-state index contributed by atoms with van der Waals surface area (Å²) in [6.45, 7) is 10.7. The molecule has 0 atom stereocenters. The van der Waals surface area contributed by atoms with Crippen LogP contribution >= 0.6 is 0 Å². The summed E-state index contributed by atoms with van der Waals surface area (Å²) in [5.41, 5.74) is 3.27. The summed E-state index contributed by atoms with van der Waals surface area (Å²) in [6, 6.07) is 8.66. The molecule has 1 aromatic rings. The van der Waals surface area contributed by atoms with E-state index in [0.717, 1.165) is 18.7 Å². The molecule has 0 heterocycles. The Morgan fingerprint density at radius 2 is 2.06 bits per heavy atom. The van der Waals surface area contributed by atoms with Gasteiger partial charge < -0.3 is 0 Å². The van der Waals surface area contributed by atoms with Crippen LogP contribution in [0, 0.1) is 18.3 Å². The maximum Gasteiger partial charge on any atom is 0.0991 e. The van der Waals surface area contributed by atoms with Crippen LogP contribution < -0.4 is 0 Å². The van der Waals surface area contributed by atoms with E-state index in [1.165, 1.54) is 11.1 Å². The minimum absolute atomic E-state index is 0.556. The van der Waals surface area contributed by atoms with Crippen molar-refractivity contribution in [2.75, 3.05) is 6.54 Å². The summed E-state index contributed by atoms with van der Waals surface area (Å²) in [7, 11) is 0. The van der Waals surface area contributed by atoms with Crippen molar-refractivity contribution in [3.05, 3.63) is 34.9 Å². The van der Waals surface area contributed by atoms with E-state index in [-0.39, 0.29) is 0 Å². The third kappa shape index (κ3) is 3.08. The van der Waals surface area contributed by atoms with Gasteiger partial charge in [0.2, 0.25) is 0 Å². The van der Waals surface area contributed by atoms with E-state index >= 15 is 0 Å². The molecule has 0 saturated heterocycles. The third-order valence-electron chi connectivity index (χ3n) is 2.98. The van der Waals surface area contributed by atoms with Gasteiger partial charge in [-0.15, -0.1) is 0 Å². The van der Waals surface area contributed by atoms with Crippen molar-refractivity contribution in [1.29, 1.82) is 5.26 Å². The fourth-order valence-corrected chi connectivity index (χ4v) is 1.82. The number of nitriles is 1. The van der Waals surface area contributed by atoms with Crippen LogP contribution in [0.5, 0.6) is 0 Å². The minimum atomic E-state index is 0.556. The normalized spacial score (nSPS) is 10.8. The molecule has 0 N–H and O–H groups in total. The molecule has 0 spiro atoms. The molecule has 0 aromatic heterocycles. The van der Waals surface area contributed by atoms with Gasteiger partial charge in [0.15, 0.2) is 0 Å². The zero-order valence-corrected chi connectivity index (χ0v) is 10.6. The van der Waals surface area contributed by atoms with Gasteiger partial charge in [-0.3, -0.25) is 4.90 Å². The zero-order chi connectivity index (χ0) is 12.1. The highest BCUT2D eigenvalue weighted by atomic mass is 15.1. The molecule has 0 aliphatic rings. The minimum Gasteiger partial charge on any atom is -0.297 e. The summed E-state index contributed by atoms with van der Waals surface area (Å²) in [5, 5.41) is 8.81. The summed E-state index contributed by atoms with van der Waals surface area (Å²) < 4.78 is 0. The molecule has 2 heteroatoms. The van der Waals surface area contributed by atoms with Gasteiger partial charge >= 0.3 is 0 Å². The molecular weight excluding hydrogens is 196 g/mol.